The van der Waals surface area contributed by atoms with E-state index in [-0.39, 0.29) is 11.3 Å². The molecule has 0 bridgehead atoms. The zero-order valence-electron chi connectivity index (χ0n) is 29.5. The standard InChI is InChI=1S/2C13H22N2.C3H6O.4CH3.2Al.2H2OS.O/c2*1-3-7-12(8-4-1)14-11-15-13-9-5-2-6-10-13;1-3(2)4;;;;;;;2*1-2;/h2*12-13H,1-10H2;1-2H3;4*1H3;;;2*2H2;/q;;;;;;;2*+1;;;-2. The summed E-state index contributed by atoms with van der Waals surface area (Å²) < 4.78 is 16.1. The van der Waals surface area contributed by atoms with E-state index in [4.69, 9.17) is 8.42 Å². The first-order valence-corrected chi connectivity index (χ1v) is 22.6. The first kappa shape index (κ1) is 51.6. The molecule has 0 unspecified atom stereocenters. The number of nitrogens with zero attached hydrogens (tertiary/aromatic N) is 4. The van der Waals surface area contributed by atoms with Crippen LogP contribution in [0.4, 0.5) is 0 Å². The molecule has 0 spiro atoms. The van der Waals surface area contributed by atoms with E-state index in [0.717, 1.165) is 30.4 Å². The number of carbonyl (C=O) groups is 1. The Kier molecular flexibility index (Phi) is 50.2. The number of ketones is 1. The molecule has 4 aliphatic carbocycles. The fourth-order valence-corrected chi connectivity index (χ4v) is 5.23. The van der Waals surface area contributed by atoms with Gasteiger partial charge in [0.05, 0.1) is 36.2 Å². The normalized spacial score (nSPS) is 17.6. The van der Waals surface area contributed by atoms with Crippen molar-refractivity contribution in [1.82, 2.24) is 0 Å². The fraction of sp³-hybridized carbons (Fsp3) is 0.909. The summed E-state index contributed by atoms with van der Waals surface area (Å²) in [5.41, 5.74) is 0. The molecule has 0 atom stereocenters. The zero-order chi connectivity index (χ0) is 33.7. The molecule has 45 heavy (non-hydrogen) atoms. The van der Waals surface area contributed by atoms with Crippen LogP contribution in [0.2, 0.25) is 23.1 Å². The molecule has 8 nitrogen and oxygen atoms in total. The smallest absolute Gasteiger partial charge is 2.00 e. The third-order valence-electron chi connectivity index (χ3n) is 7.26. The predicted molar refractivity (Wildman–Crippen MR) is 201 cm³/mol. The minimum absolute atomic E-state index is 0. The van der Waals surface area contributed by atoms with Gasteiger partial charge in [0.1, 0.15) is 5.78 Å². The van der Waals surface area contributed by atoms with Crippen molar-refractivity contribution in [2.24, 2.45) is 20.0 Å². The molecule has 0 amide bonds. The number of aliphatic imine (C=N–C) groups is 4. The molecule has 260 valence electrons. The average Bonchev–Trinajstić information content (AvgIpc) is 3.06. The van der Waals surface area contributed by atoms with E-state index in [1.165, 1.54) is 142 Å². The minimum atomic E-state index is 0. The van der Waals surface area contributed by atoms with Gasteiger partial charge in [-0.2, -0.15) is 0 Å². The maximum Gasteiger partial charge on any atom is -2.00 e. The van der Waals surface area contributed by atoms with Gasteiger partial charge in [0.2, 0.25) is 0 Å². The van der Waals surface area contributed by atoms with Gasteiger partial charge in [0.25, 0.3) is 0 Å². The maximum atomic E-state index is 9.44. The Morgan fingerprint density at radius 2 is 0.600 bits per heavy atom. The molecule has 0 radical (unpaired) electrons. The van der Waals surface area contributed by atoms with E-state index in [0.29, 0.717) is 24.2 Å². The molecule has 0 saturated heterocycles. The van der Waals surface area contributed by atoms with E-state index < -0.39 is 0 Å². The van der Waals surface area contributed by atoms with Crippen LogP contribution in [0, 0.1) is 0 Å². The fourth-order valence-electron chi connectivity index (χ4n) is 5.23. The van der Waals surface area contributed by atoms with Crippen molar-refractivity contribution in [2.75, 3.05) is 0 Å². The van der Waals surface area contributed by atoms with Crippen LogP contribution in [0.15, 0.2) is 20.0 Å². The van der Waals surface area contributed by atoms with E-state index >= 15 is 0 Å². The second-order valence-electron chi connectivity index (χ2n) is 11.9. The van der Waals surface area contributed by atoms with Crippen molar-refractivity contribution in [3.63, 3.8) is 0 Å². The van der Waals surface area contributed by atoms with Gasteiger partial charge >= 0.3 is 53.6 Å². The number of hydrogen-bond donors (Lipinski definition) is 0. The zero-order valence-corrected chi connectivity index (χ0v) is 33.8. The molecule has 12 heteroatoms. The van der Waals surface area contributed by atoms with Gasteiger partial charge in [0.15, 0.2) is 0 Å². The molecular formula is C33H66Al2N4O4S2. The van der Waals surface area contributed by atoms with E-state index in [2.05, 4.69) is 55.1 Å². The summed E-state index contributed by atoms with van der Waals surface area (Å²) in [6, 6.07) is 8.08. The monoisotopic (exact) mass is 700 g/mol. The maximum absolute atomic E-state index is 9.44. The Balaban J connectivity index is -0.000000263. The summed E-state index contributed by atoms with van der Waals surface area (Å²) in [6.45, 7) is 3.06. The summed E-state index contributed by atoms with van der Waals surface area (Å²) in [5.74, 6) is 9.00. The van der Waals surface area contributed by atoms with Crippen LogP contribution < -0.4 is 0 Å². The molecule has 0 N–H and O–H groups in total. The Morgan fingerprint density at radius 1 is 0.467 bits per heavy atom. The predicted octanol–water partition coefficient (Wildman–Crippen LogP) is 7.96. The molecule has 0 aliphatic heterocycles. The number of hydrogen-bond acceptors (Lipinski definition) is 7. The first-order valence-electron chi connectivity index (χ1n) is 17.1. The van der Waals surface area contributed by atoms with Crippen molar-refractivity contribution in [2.45, 2.75) is 190 Å². The van der Waals surface area contributed by atoms with Gasteiger partial charge in [-0.1, -0.05) is 77.0 Å². The van der Waals surface area contributed by atoms with Gasteiger partial charge in [-0.05, 0) is 90.3 Å². The Morgan fingerprint density at radius 3 is 0.733 bits per heavy atom. The summed E-state index contributed by atoms with van der Waals surface area (Å²) in [7, 11) is 0. The van der Waals surface area contributed by atoms with Crippen LogP contribution in [0.25, 0.3) is 0 Å². The molecule has 0 aromatic heterocycles. The van der Waals surface area contributed by atoms with Gasteiger partial charge in [0, 0.05) is 0 Å². The summed E-state index contributed by atoms with van der Waals surface area (Å²) in [4.78, 5) is 27.3. The third-order valence-corrected chi connectivity index (χ3v) is 7.26. The van der Waals surface area contributed by atoms with Gasteiger partial charge in [-0.25, -0.2) is 20.0 Å². The molecule has 4 saturated carbocycles. The van der Waals surface area contributed by atoms with Crippen molar-refractivity contribution < 1.29 is 18.7 Å². The SMILES string of the molecule is C(=NC1CCCCC1)=NC1CCCCC1.C(=NC1CCCCC1)=NC1CCCCC1.CC(C)=O.O=[SH2].O=[SH2].[CH3][Al+][CH3].[CH3][Al+][CH3].[O-2]. The van der Waals surface area contributed by atoms with Crippen molar-refractivity contribution in [1.29, 1.82) is 0 Å². The molecule has 4 aliphatic rings. The molecular weight excluding hydrogens is 634 g/mol. The van der Waals surface area contributed by atoms with E-state index in [1.54, 1.807) is 25.1 Å². The molecule has 0 heterocycles. The van der Waals surface area contributed by atoms with E-state index in [9.17, 15) is 4.79 Å². The van der Waals surface area contributed by atoms with Crippen LogP contribution in [-0.2, 0) is 35.3 Å². The van der Waals surface area contributed by atoms with Crippen LogP contribution in [-0.4, -0.2) is 80.8 Å². The number of carbonyl (C=O) groups excluding carboxylic acids is 1. The summed E-state index contributed by atoms with van der Waals surface area (Å²) in [6.07, 6.45) is 26.4. The van der Waals surface area contributed by atoms with Crippen LogP contribution in [0.3, 0.4) is 0 Å². The third kappa shape index (κ3) is 39.8. The second kappa shape index (κ2) is 43.8. The molecule has 0 aromatic rings. The van der Waals surface area contributed by atoms with Gasteiger partial charge in [-0.3, -0.25) is 8.42 Å². The number of Topliss-reactive ketones (excluding diaryl/α,β-unsaturated/α-hetero) is 1. The first-order chi connectivity index (χ1) is 21.5. The number of rotatable bonds is 4. The summed E-state index contributed by atoms with van der Waals surface area (Å²) in [5, 5.41) is 0. The Hall–Kier alpha value is -0.245. The van der Waals surface area contributed by atoms with Gasteiger partial charge in [-0.15, -0.1) is 0 Å². The molecule has 0 aromatic carbocycles. The average molecular weight is 701 g/mol. The topological polar surface area (TPSA) is 129 Å². The van der Waals surface area contributed by atoms with Gasteiger partial charge < -0.3 is 10.3 Å². The Labute approximate surface area is 299 Å². The summed E-state index contributed by atoms with van der Waals surface area (Å²) >= 11 is 4.94. The van der Waals surface area contributed by atoms with E-state index in [1.807, 2.05) is 0 Å². The largest absolute Gasteiger partial charge is 2.00 e. The second-order valence-corrected chi connectivity index (χ2v) is 14.3. The minimum Gasteiger partial charge on any atom is -2.00 e. The van der Waals surface area contributed by atoms with Crippen LogP contribution >= 0.6 is 0 Å². The van der Waals surface area contributed by atoms with Crippen molar-refractivity contribution in [3.8, 4) is 0 Å². The van der Waals surface area contributed by atoms with Crippen LogP contribution in [0.5, 0.6) is 0 Å². The Bertz CT molecular complexity index is 643. The quantitative estimate of drug-likeness (QED) is 0.218. The van der Waals surface area contributed by atoms with Crippen molar-refractivity contribution in [3.05, 3.63) is 0 Å². The van der Waals surface area contributed by atoms with Crippen molar-refractivity contribution >= 4 is 73.3 Å². The van der Waals surface area contributed by atoms with Crippen LogP contribution in [0.1, 0.15) is 142 Å². The molecule has 4 rings (SSSR count). The molecule has 4 fully saturated rings.